The minimum absolute atomic E-state index is 0. The molecule has 2 atom stereocenters. The average Bonchev–Trinajstić information content (AvgIpc) is 2.30. The van der Waals surface area contributed by atoms with Gasteiger partial charge in [-0.05, 0) is 5.56 Å². The Kier molecular flexibility index (Phi) is 6.01. The molecule has 1 aromatic carbocycles. The molecule has 6 N–H and O–H groups in total. The van der Waals surface area contributed by atoms with Crippen molar-refractivity contribution < 1.29 is 14.7 Å². The minimum Gasteiger partial charge on any atom is -0.480 e. The average molecular weight is 272 g/mol. The third kappa shape index (κ3) is 3.54. The summed E-state index contributed by atoms with van der Waals surface area (Å²) in [4.78, 5) is 22.5. The first-order valence-electron chi connectivity index (χ1n) is 4.86. The van der Waals surface area contributed by atoms with Gasteiger partial charge in [-0.25, -0.2) is 0 Å². The van der Waals surface area contributed by atoms with Gasteiger partial charge in [0.1, 0.15) is 6.04 Å². The fourth-order valence-electron chi connectivity index (χ4n) is 1.49. The highest BCUT2D eigenvalue weighted by Crippen LogP contribution is 2.20. The van der Waals surface area contributed by atoms with Crippen LogP contribution in [0, 0.1) is 5.41 Å². The highest BCUT2D eigenvalue weighted by atomic mass is 35.5. The molecular formula is C11H14ClN3O3. The molecule has 0 amide bonds. The van der Waals surface area contributed by atoms with Gasteiger partial charge < -0.3 is 16.6 Å². The molecule has 0 spiro atoms. The van der Waals surface area contributed by atoms with Crippen molar-refractivity contribution in [3.63, 3.8) is 0 Å². The fraction of sp³-hybridized carbons (Fsp3) is 0.182. The van der Waals surface area contributed by atoms with Gasteiger partial charge in [0, 0.05) is 0 Å². The van der Waals surface area contributed by atoms with Crippen LogP contribution in [0.4, 0.5) is 0 Å². The molecule has 0 aromatic heterocycles. The number of carboxylic acid groups (broad SMARTS) is 1. The normalized spacial score (nSPS) is 12.9. The van der Waals surface area contributed by atoms with Gasteiger partial charge in [0.15, 0.2) is 5.84 Å². The van der Waals surface area contributed by atoms with Gasteiger partial charge in [-0.2, -0.15) is 0 Å². The van der Waals surface area contributed by atoms with Crippen molar-refractivity contribution in [2.75, 3.05) is 0 Å². The number of nitrogens with two attached hydrogens (primary N) is 2. The van der Waals surface area contributed by atoms with E-state index in [1.54, 1.807) is 30.3 Å². The van der Waals surface area contributed by atoms with E-state index in [1.165, 1.54) is 0 Å². The molecule has 0 radical (unpaired) electrons. The molecule has 0 aliphatic carbocycles. The summed E-state index contributed by atoms with van der Waals surface area (Å²) in [5.41, 5.74) is 11.0. The Morgan fingerprint density at radius 3 is 2.11 bits per heavy atom. The summed E-state index contributed by atoms with van der Waals surface area (Å²) in [7, 11) is 0. The Morgan fingerprint density at radius 1 is 1.22 bits per heavy atom. The van der Waals surface area contributed by atoms with Crippen LogP contribution in [0.2, 0.25) is 0 Å². The number of halogens is 1. The van der Waals surface area contributed by atoms with Gasteiger partial charge in [0.25, 0.3) is 0 Å². The number of Topliss-reactive ketones (excluding diaryl/α,β-unsaturated/α-hetero) is 1. The van der Waals surface area contributed by atoms with Gasteiger partial charge in [-0.15, -0.1) is 12.4 Å². The summed E-state index contributed by atoms with van der Waals surface area (Å²) in [6.07, 6.45) is 0. The number of carbonyl (C=O) groups is 2. The monoisotopic (exact) mass is 271 g/mol. The van der Waals surface area contributed by atoms with E-state index >= 15 is 0 Å². The number of rotatable bonds is 5. The van der Waals surface area contributed by atoms with Crippen LogP contribution in [0.3, 0.4) is 0 Å². The Labute approximate surface area is 110 Å². The van der Waals surface area contributed by atoms with Gasteiger partial charge in [0.05, 0.1) is 5.92 Å². The molecule has 18 heavy (non-hydrogen) atoms. The first kappa shape index (κ1) is 16.1. The second-order valence-electron chi connectivity index (χ2n) is 3.53. The molecule has 1 aromatic rings. The molecule has 6 nitrogen and oxygen atoms in total. The molecule has 0 fully saturated rings. The molecule has 2 unspecified atom stereocenters. The second-order valence-corrected chi connectivity index (χ2v) is 3.53. The molecular weight excluding hydrogens is 258 g/mol. The lowest BCUT2D eigenvalue weighted by Gasteiger charge is -2.19. The zero-order chi connectivity index (χ0) is 13.0. The first-order chi connectivity index (χ1) is 7.95. The van der Waals surface area contributed by atoms with Crippen LogP contribution in [-0.4, -0.2) is 28.7 Å². The first-order valence-corrected chi connectivity index (χ1v) is 4.86. The highest BCUT2D eigenvalue weighted by molar-refractivity contribution is 6.39. The number of hydrogen-bond donors (Lipinski definition) is 4. The lowest BCUT2D eigenvalue weighted by atomic mass is 9.87. The van der Waals surface area contributed by atoms with Crippen molar-refractivity contribution in [1.82, 2.24) is 0 Å². The predicted octanol–water partition coefficient (Wildman–Crippen LogP) is 0.109. The quantitative estimate of drug-likeness (QED) is 0.446. The summed E-state index contributed by atoms with van der Waals surface area (Å²) in [5, 5.41) is 15.9. The van der Waals surface area contributed by atoms with Crippen LogP contribution in [-0.2, 0) is 9.59 Å². The summed E-state index contributed by atoms with van der Waals surface area (Å²) < 4.78 is 0. The highest BCUT2D eigenvalue weighted by Gasteiger charge is 2.33. The number of aliphatic carboxylic acids is 1. The Hall–Kier alpha value is -1.92. The predicted molar refractivity (Wildman–Crippen MR) is 69.0 cm³/mol. The van der Waals surface area contributed by atoms with Crippen LogP contribution >= 0.6 is 12.4 Å². The smallest absolute Gasteiger partial charge is 0.321 e. The Bertz CT molecular complexity index is 450. The topological polar surface area (TPSA) is 130 Å². The molecule has 0 saturated heterocycles. The third-order valence-corrected chi connectivity index (χ3v) is 2.35. The van der Waals surface area contributed by atoms with Gasteiger partial charge in [-0.3, -0.25) is 15.0 Å². The van der Waals surface area contributed by atoms with Crippen LogP contribution in [0.5, 0.6) is 0 Å². The number of benzene rings is 1. The van der Waals surface area contributed by atoms with E-state index in [0.29, 0.717) is 5.56 Å². The zero-order valence-electron chi connectivity index (χ0n) is 9.37. The second kappa shape index (κ2) is 6.73. The molecule has 1 rings (SSSR count). The number of ketones is 1. The number of carbonyl (C=O) groups excluding carboxylic acids is 1. The molecule has 0 aliphatic rings. The van der Waals surface area contributed by atoms with Crippen LogP contribution < -0.4 is 11.5 Å². The van der Waals surface area contributed by atoms with E-state index in [9.17, 15) is 9.59 Å². The van der Waals surface area contributed by atoms with E-state index in [4.69, 9.17) is 22.0 Å². The van der Waals surface area contributed by atoms with E-state index in [-0.39, 0.29) is 12.4 Å². The van der Waals surface area contributed by atoms with Crippen LogP contribution in [0.1, 0.15) is 11.5 Å². The lowest BCUT2D eigenvalue weighted by Crippen LogP contribution is -2.44. The number of nitrogens with one attached hydrogen (secondary N) is 1. The Morgan fingerprint density at radius 2 is 1.72 bits per heavy atom. The summed E-state index contributed by atoms with van der Waals surface area (Å²) in [6, 6.07) is 6.77. The zero-order valence-corrected chi connectivity index (χ0v) is 10.2. The van der Waals surface area contributed by atoms with E-state index in [1.807, 2.05) is 0 Å². The van der Waals surface area contributed by atoms with Crippen molar-refractivity contribution >= 4 is 30.0 Å². The van der Waals surface area contributed by atoms with E-state index in [0.717, 1.165) is 0 Å². The maximum atomic E-state index is 11.7. The summed E-state index contributed by atoms with van der Waals surface area (Å²) in [6.45, 7) is 0. The molecule has 0 heterocycles. The minimum atomic E-state index is -1.42. The summed E-state index contributed by atoms with van der Waals surface area (Å²) >= 11 is 0. The number of carboxylic acids is 1. The molecule has 98 valence electrons. The largest absolute Gasteiger partial charge is 0.480 e. The van der Waals surface area contributed by atoms with Crippen molar-refractivity contribution in [3.8, 4) is 0 Å². The number of hydrogen-bond acceptors (Lipinski definition) is 4. The van der Waals surface area contributed by atoms with Crippen molar-refractivity contribution in [2.45, 2.75) is 12.0 Å². The maximum absolute atomic E-state index is 11.7. The van der Waals surface area contributed by atoms with E-state index < -0.39 is 29.5 Å². The molecule has 0 aliphatic heterocycles. The SMILES string of the molecule is Cl.N=C(N)C(=O)C(c1ccccc1)C(N)C(=O)O. The number of amidine groups is 1. The Balaban J connectivity index is 0.00000289. The fourth-order valence-corrected chi connectivity index (χ4v) is 1.49. The molecule has 7 heteroatoms. The van der Waals surface area contributed by atoms with Crippen molar-refractivity contribution in [2.24, 2.45) is 11.5 Å². The summed E-state index contributed by atoms with van der Waals surface area (Å²) in [5.74, 6) is -3.93. The third-order valence-electron chi connectivity index (χ3n) is 2.35. The van der Waals surface area contributed by atoms with Crippen molar-refractivity contribution in [3.05, 3.63) is 35.9 Å². The van der Waals surface area contributed by atoms with Crippen molar-refractivity contribution in [1.29, 1.82) is 5.41 Å². The van der Waals surface area contributed by atoms with Gasteiger partial charge in [-0.1, -0.05) is 30.3 Å². The van der Waals surface area contributed by atoms with E-state index in [2.05, 4.69) is 0 Å². The van der Waals surface area contributed by atoms with Gasteiger partial charge in [0.2, 0.25) is 5.78 Å². The standard InChI is InChI=1S/C11H13N3O3.ClH/c12-8(11(16)17)7(9(15)10(13)14)6-4-2-1-3-5-6;/h1-5,7-8H,12H2,(H3,13,14)(H,16,17);1H. The van der Waals surface area contributed by atoms with Crippen LogP contribution in [0.25, 0.3) is 0 Å². The molecule has 0 bridgehead atoms. The lowest BCUT2D eigenvalue weighted by molar-refractivity contribution is -0.140. The molecule has 0 saturated carbocycles. The maximum Gasteiger partial charge on any atom is 0.321 e. The van der Waals surface area contributed by atoms with Crippen LogP contribution in [0.15, 0.2) is 30.3 Å². The van der Waals surface area contributed by atoms with Gasteiger partial charge >= 0.3 is 5.97 Å².